The summed E-state index contributed by atoms with van der Waals surface area (Å²) in [5.41, 5.74) is 4.14. The van der Waals surface area contributed by atoms with Crippen LogP contribution in [0.3, 0.4) is 0 Å². The van der Waals surface area contributed by atoms with Crippen LogP contribution in [0.15, 0.2) is 47.6 Å². The fourth-order valence-electron chi connectivity index (χ4n) is 1.74. The molecule has 0 aliphatic rings. The predicted octanol–water partition coefficient (Wildman–Crippen LogP) is 2.51. The molecule has 0 amide bonds. The van der Waals surface area contributed by atoms with Gasteiger partial charge in [-0.25, -0.2) is 0 Å². The Labute approximate surface area is 132 Å². The summed E-state index contributed by atoms with van der Waals surface area (Å²) in [4.78, 5) is 0. The quantitative estimate of drug-likeness (QED) is 0.258. The van der Waals surface area contributed by atoms with E-state index in [1.54, 1.807) is 6.92 Å². The van der Waals surface area contributed by atoms with Gasteiger partial charge in [-0.05, 0) is 43.4 Å². The summed E-state index contributed by atoms with van der Waals surface area (Å²) in [5, 5.41) is 35.8. The molecule has 2 aromatic carbocycles. The van der Waals surface area contributed by atoms with Crippen molar-refractivity contribution >= 4 is 28.7 Å². The van der Waals surface area contributed by atoms with Crippen molar-refractivity contribution in [3.63, 3.8) is 0 Å². The molecule has 0 aliphatic carbocycles. The number of anilines is 1. The van der Waals surface area contributed by atoms with E-state index in [4.69, 9.17) is 12.2 Å². The molecule has 0 aliphatic heterocycles. The van der Waals surface area contributed by atoms with E-state index in [1.165, 1.54) is 12.1 Å². The molecule has 0 radical (unpaired) electrons. The van der Waals surface area contributed by atoms with Crippen LogP contribution in [0.5, 0.6) is 17.2 Å². The molecular formula is C15H15N3O3S. The first-order valence-corrected chi connectivity index (χ1v) is 6.80. The Hall–Kier alpha value is -2.80. The van der Waals surface area contributed by atoms with E-state index < -0.39 is 17.2 Å². The first-order chi connectivity index (χ1) is 10.5. The topological polar surface area (TPSA) is 97.1 Å². The van der Waals surface area contributed by atoms with E-state index in [1.807, 2.05) is 30.3 Å². The first-order valence-electron chi connectivity index (χ1n) is 6.39. The number of para-hydroxylation sites is 1. The average Bonchev–Trinajstić information content (AvgIpc) is 2.51. The van der Waals surface area contributed by atoms with E-state index in [2.05, 4.69) is 15.8 Å². The lowest BCUT2D eigenvalue weighted by atomic mass is 10.1. The highest BCUT2D eigenvalue weighted by Gasteiger charge is 2.13. The van der Waals surface area contributed by atoms with Gasteiger partial charge in [-0.2, -0.15) is 5.10 Å². The second-order valence-electron chi connectivity index (χ2n) is 4.46. The Morgan fingerprint density at radius 3 is 2.36 bits per heavy atom. The summed E-state index contributed by atoms with van der Waals surface area (Å²) in [6.07, 6.45) is 0. The van der Waals surface area contributed by atoms with E-state index in [0.29, 0.717) is 5.71 Å². The molecule has 0 bridgehead atoms. The summed E-state index contributed by atoms with van der Waals surface area (Å²) in [6, 6.07) is 12.1. The molecule has 2 aromatic rings. The monoisotopic (exact) mass is 317 g/mol. The minimum Gasteiger partial charge on any atom is -0.504 e. The molecule has 7 heteroatoms. The van der Waals surface area contributed by atoms with Crippen LogP contribution in [0.2, 0.25) is 0 Å². The third-order valence-corrected chi connectivity index (χ3v) is 3.07. The van der Waals surface area contributed by atoms with Gasteiger partial charge < -0.3 is 20.6 Å². The minimum absolute atomic E-state index is 0.283. The molecule has 0 fully saturated rings. The van der Waals surface area contributed by atoms with Gasteiger partial charge in [0.1, 0.15) is 0 Å². The molecule has 0 atom stereocenters. The maximum atomic E-state index is 9.78. The van der Waals surface area contributed by atoms with Crippen LogP contribution in [-0.2, 0) is 0 Å². The van der Waals surface area contributed by atoms with Crippen molar-refractivity contribution in [1.29, 1.82) is 0 Å². The summed E-state index contributed by atoms with van der Waals surface area (Å²) in [7, 11) is 0. The molecule has 0 heterocycles. The molecule has 0 saturated carbocycles. The number of thiocarbonyl (C=S) groups is 1. The number of nitrogens with zero attached hydrogens (tertiary/aromatic N) is 1. The van der Waals surface area contributed by atoms with Crippen molar-refractivity contribution < 1.29 is 15.3 Å². The Bertz CT molecular complexity index is 717. The number of phenolic OH excluding ortho intramolecular Hbond substituents is 3. The normalized spacial score (nSPS) is 11.0. The number of aromatic hydroxyl groups is 3. The van der Waals surface area contributed by atoms with Gasteiger partial charge >= 0.3 is 0 Å². The Morgan fingerprint density at radius 1 is 1.00 bits per heavy atom. The molecule has 114 valence electrons. The first kappa shape index (κ1) is 15.6. The van der Waals surface area contributed by atoms with Gasteiger partial charge in [0, 0.05) is 11.3 Å². The Balaban J connectivity index is 2.07. The highest BCUT2D eigenvalue weighted by atomic mass is 32.1. The van der Waals surface area contributed by atoms with Crippen LogP contribution in [0.4, 0.5) is 5.69 Å². The van der Waals surface area contributed by atoms with E-state index >= 15 is 0 Å². The average molecular weight is 317 g/mol. The second-order valence-corrected chi connectivity index (χ2v) is 4.87. The van der Waals surface area contributed by atoms with Crippen molar-refractivity contribution in [3.05, 3.63) is 48.0 Å². The zero-order chi connectivity index (χ0) is 16.1. The van der Waals surface area contributed by atoms with Gasteiger partial charge in [0.15, 0.2) is 16.6 Å². The van der Waals surface area contributed by atoms with Gasteiger partial charge in [0.05, 0.1) is 5.71 Å². The number of phenols is 3. The summed E-state index contributed by atoms with van der Waals surface area (Å²) < 4.78 is 0. The van der Waals surface area contributed by atoms with Gasteiger partial charge in [-0.3, -0.25) is 5.43 Å². The van der Waals surface area contributed by atoms with Crippen LogP contribution in [0.1, 0.15) is 12.5 Å². The number of rotatable bonds is 3. The third-order valence-electron chi connectivity index (χ3n) is 2.88. The fraction of sp³-hybridized carbons (Fsp3) is 0.0667. The van der Waals surface area contributed by atoms with Gasteiger partial charge in [-0.15, -0.1) is 0 Å². The molecule has 22 heavy (non-hydrogen) atoms. The minimum atomic E-state index is -0.586. The lowest BCUT2D eigenvalue weighted by Crippen LogP contribution is -2.24. The van der Waals surface area contributed by atoms with Crippen molar-refractivity contribution in [2.45, 2.75) is 6.92 Å². The number of nitrogens with one attached hydrogen (secondary N) is 2. The zero-order valence-corrected chi connectivity index (χ0v) is 12.6. The molecular weight excluding hydrogens is 302 g/mol. The molecule has 0 spiro atoms. The van der Waals surface area contributed by atoms with E-state index in [-0.39, 0.29) is 10.7 Å². The number of benzene rings is 2. The van der Waals surface area contributed by atoms with Crippen molar-refractivity contribution in [1.82, 2.24) is 5.43 Å². The Morgan fingerprint density at radius 2 is 1.68 bits per heavy atom. The lowest BCUT2D eigenvalue weighted by molar-refractivity contribution is 0.367. The van der Waals surface area contributed by atoms with Crippen molar-refractivity contribution in [2.75, 3.05) is 5.32 Å². The second kappa shape index (κ2) is 6.77. The maximum Gasteiger partial charge on any atom is 0.200 e. The molecule has 0 unspecified atom stereocenters. The van der Waals surface area contributed by atoms with Crippen LogP contribution in [0.25, 0.3) is 0 Å². The van der Waals surface area contributed by atoms with Gasteiger partial charge in [-0.1, -0.05) is 18.2 Å². The van der Waals surface area contributed by atoms with Crippen LogP contribution >= 0.6 is 12.2 Å². The summed E-state index contributed by atoms with van der Waals surface area (Å²) in [5.74, 6) is -1.43. The molecule has 0 saturated heterocycles. The number of hydrazone groups is 1. The highest BCUT2D eigenvalue weighted by molar-refractivity contribution is 7.80. The van der Waals surface area contributed by atoms with Gasteiger partial charge in [0.25, 0.3) is 0 Å². The maximum absolute atomic E-state index is 9.78. The SMILES string of the molecule is C/C(=N/NC(=S)Nc1ccccc1)c1ccc(O)c(O)c1O. The van der Waals surface area contributed by atoms with Crippen LogP contribution in [-0.4, -0.2) is 26.1 Å². The third kappa shape index (κ3) is 3.64. The van der Waals surface area contributed by atoms with Gasteiger partial charge in [0.2, 0.25) is 5.75 Å². The van der Waals surface area contributed by atoms with Crippen LogP contribution < -0.4 is 10.7 Å². The van der Waals surface area contributed by atoms with E-state index in [9.17, 15) is 15.3 Å². The Kier molecular flexibility index (Phi) is 4.80. The number of hydrogen-bond donors (Lipinski definition) is 5. The largest absolute Gasteiger partial charge is 0.504 e. The van der Waals surface area contributed by atoms with E-state index in [0.717, 1.165) is 5.69 Å². The standard InChI is InChI=1S/C15H15N3O3S/c1-9(11-7-8-12(19)14(21)13(11)20)17-18-15(22)16-10-5-3-2-4-6-10/h2-8,19-21H,1H3,(H2,16,18,22)/b17-9-. The van der Waals surface area contributed by atoms with Crippen molar-refractivity contribution in [3.8, 4) is 17.2 Å². The van der Waals surface area contributed by atoms with Crippen LogP contribution in [0, 0.1) is 0 Å². The smallest absolute Gasteiger partial charge is 0.200 e. The summed E-state index contributed by atoms with van der Waals surface area (Å²) in [6.45, 7) is 1.63. The highest BCUT2D eigenvalue weighted by Crippen LogP contribution is 2.37. The summed E-state index contributed by atoms with van der Waals surface area (Å²) >= 11 is 5.10. The fourth-order valence-corrected chi connectivity index (χ4v) is 1.90. The number of hydrogen-bond acceptors (Lipinski definition) is 5. The van der Waals surface area contributed by atoms with Crippen molar-refractivity contribution in [2.24, 2.45) is 5.10 Å². The molecule has 0 aromatic heterocycles. The molecule has 6 nitrogen and oxygen atoms in total. The molecule has 5 N–H and O–H groups in total. The zero-order valence-electron chi connectivity index (χ0n) is 11.7. The lowest BCUT2D eigenvalue weighted by Gasteiger charge is -2.09. The predicted molar refractivity (Wildman–Crippen MR) is 89.4 cm³/mol. The molecule has 2 rings (SSSR count).